The molecule has 1 aromatic carbocycles. The number of carbonyl (C=O) groups is 1. The fourth-order valence-corrected chi connectivity index (χ4v) is 1.78. The van der Waals surface area contributed by atoms with Gasteiger partial charge < -0.3 is 5.32 Å². The van der Waals surface area contributed by atoms with Gasteiger partial charge in [0.25, 0.3) is 0 Å². The van der Waals surface area contributed by atoms with E-state index in [0.29, 0.717) is 6.41 Å². The van der Waals surface area contributed by atoms with Crippen molar-refractivity contribution >= 4 is 12.1 Å². The minimum Gasteiger partial charge on any atom is -0.329 e. The van der Waals surface area contributed by atoms with E-state index in [9.17, 15) is 26.7 Å². The maximum Gasteiger partial charge on any atom is 0.417 e. The number of hydrogen-bond donors (Lipinski definition) is 1. The lowest BCUT2D eigenvalue weighted by Gasteiger charge is -2.13. The first-order valence-electron chi connectivity index (χ1n) is 6.93. The monoisotopic (exact) mass is 344 g/mol. The summed E-state index contributed by atoms with van der Waals surface area (Å²) >= 11 is 0. The molecule has 3 nitrogen and oxygen atoms in total. The second-order valence-corrected chi connectivity index (χ2v) is 5.09. The standard InChI is InChI=1S/C13H9F3N2O.C3H4F2/c14-13(15,16)11-5-4-9(18-8-19)7-10(11)12-3-1-2-6-17-12;4-3(5)1-2-3/h1-8H,(H,18,19);1-2H2. The lowest BCUT2D eigenvalue weighted by atomic mass is 10.0. The van der Waals surface area contributed by atoms with Crippen molar-refractivity contribution in [2.24, 2.45) is 0 Å². The van der Waals surface area contributed by atoms with Crippen molar-refractivity contribution in [1.82, 2.24) is 4.98 Å². The Bertz CT molecular complexity index is 695. The van der Waals surface area contributed by atoms with Crippen LogP contribution in [-0.2, 0) is 11.0 Å². The predicted molar refractivity (Wildman–Crippen MR) is 78.5 cm³/mol. The van der Waals surface area contributed by atoms with Gasteiger partial charge in [0.1, 0.15) is 0 Å². The zero-order valence-electron chi connectivity index (χ0n) is 12.3. The number of nitrogens with zero attached hydrogens (tertiary/aromatic N) is 1. The van der Waals surface area contributed by atoms with E-state index in [1.807, 2.05) is 0 Å². The SMILES string of the molecule is FC1(F)CC1.O=CNc1ccc(C(F)(F)F)c(-c2ccccn2)c1. The van der Waals surface area contributed by atoms with Gasteiger partial charge in [-0.15, -0.1) is 0 Å². The highest BCUT2D eigenvalue weighted by Crippen LogP contribution is 2.40. The molecular weight excluding hydrogens is 331 g/mol. The summed E-state index contributed by atoms with van der Waals surface area (Å²) in [5, 5.41) is 2.32. The van der Waals surface area contributed by atoms with E-state index in [0.717, 1.165) is 6.07 Å². The molecule has 0 aliphatic heterocycles. The smallest absolute Gasteiger partial charge is 0.329 e. The van der Waals surface area contributed by atoms with Crippen LogP contribution in [0.5, 0.6) is 0 Å². The molecule has 0 radical (unpaired) electrons. The predicted octanol–water partition coefficient (Wildman–Crippen LogP) is 4.75. The summed E-state index contributed by atoms with van der Waals surface area (Å²) in [6.07, 6.45) is -2.42. The number of hydrogen-bond acceptors (Lipinski definition) is 2. The summed E-state index contributed by atoms with van der Waals surface area (Å²) in [6.45, 7) is 0. The van der Waals surface area contributed by atoms with Gasteiger partial charge >= 0.3 is 6.18 Å². The van der Waals surface area contributed by atoms with Gasteiger partial charge in [-0.1, -0.05) is 6.07 Å². The molecule has 2 aromatic rings. The first-order chi connectivity index (χ1) is 11.2. The van der Waals surface area contributed by atoms with Gasteiger partial charge in [0.05, 0.1) is 11.3 Å². The summed E-state index contributed by atoms with van der Waals surface area (Å²) in [6, 6.07) is 8.07. The third-order valence-electron chi connectivity index (χ3n) is 3.12. The van der Waals surface area contributed by atoms with E-state index in [-0.39, 0.29) is 29.8 Å². The van der Waals surface area contributed by atoms with E-state index in [1.165, 1.54) is 24.4 Å². The average molecular weight is 344 g/mol. The molecule has 24 heavy (non-hydrogen) atoms. The van der Waals surface area contributed by atoms with Crippen molar-refractivity contribution in [3.63, 3.8) is 0 Å². The number of nitrogens with one attached hydrogen (secondary N) is 1. The van der Waals surface area contributed by atoms with Crippen LogP contribution < -0.4 is 5.32 Å². The van der Waals surface area contributed by atoms with Gasteiger partial charge in [-0.25, -0.2) is 8.78 Å². The van der Waals surface area contributed by atoms with Crippen molar-refractivity contribution < 1.29 is 26.7 Å². The maximum atomic E-state index is 12.9. The largest absolute Gasteiger partial charge is 0.417 e. The van der Waals surface area contributed by atoms with Gasteiger partial charge in [-0.2, -0.15) is 13.2 Å². The van der Waals surface area contributed by atoms with Crippen LogP contribution >= 0.6 is 0 Å². The molecule has 1 saturated carbocycles. The van der Waals surface area contributed by atoms with Crippen LogP contribution in [0.25, 0.3) is 11.3 Å². The molecule has 0 unspecified atom stereocenters. The highest BCUT2D eigenvalue weighted by atomic mass is 19.4. The zero-order chi connectivity index (χ0) is 17.8. The molecule has 3 rings (SSSR count). The zero-order valence-corrected chi connectivity index (χ0v) is 12.3. The minimum absolute atomic E-state index is 0.0695. The Morgan fingerprint density at radius 1 is 1.12 bits per heavy atom. The number of aromatic nitrogens is 1. The molecule has 8 heteroatoms. The number of amides is 1. The highest BCUT2D eigenvalue weighted by molar-refractivity contribution is 5.76. The molecule has 0 saturated heterocycles. The number of anilines is 1. The van der Waals surface area contributed by atoms with Crippen molar-refractivity contribution in [2.45, 2.75) is 24.9 Å². The van der Waals surface area contributed by atoms with Crippen molar-refractivity contribution in [1.29, 1.82) is 0 Å². The van der Waals surface area contributed by atoms with Crippen LogP contribution in [-0.4, -0.2) is 17.3 Å². The van der Waals surface area contributed by atoms with Crippen LogP contribution in [0.15, 0.2) is 42.6 Å². The second-order valence-electron chi connectivity index (χ2n) is 5.09. The van der Waals surface area contributed by atoms with Gasteiger partial charge in [-0.05, 0) is 30.3 Å². The van der Waals surface area contributed by atoms with Crippen LogP contribution in [0.4, 0.5) is 27.6 Å². The van der Waals surface area contributed by atoms with Crippen LogP contribution in [0.1, 0.15) is 18.4 Å². The summed E-state index contributed by atoms with van der Waals surface area (Å²) < 4.78 is 61.1. The molecule has 1 aliphatic rings. The van der Waals surface area contributed by atoms with Gasteiger partial charge in [0.2, 0.25) is 12.3 Å². The van der Waals surface area contributed by atoms with E-state index in [1.54, 1.807) is 12.1 Å². The average Bonchev–Trinajstić information content (AvgIpc) is 3.23. The van der Waals surface area contributed by atoms with E-state index < -0.39 is 17.7 Å². The van der Waals surface area contributed by atoms with Crippen LogP contribution in [0.3, 0.4) is 0 Å². The summed E-state index contributed by atoms with van der Waals surface area (Å²) in [7, 11) is 0. The lowest BCUT2D eigenvalue weighted by Crippen LogP contribution is -2.08. The van der Waals surface area contributed by atoms with E-state index in [4.69, 9.17) is 0 Å². The van der Waals surface area contributed by atoms with Gasteiger partial charge in [0.15, 0.2) is 0 Å². The number of pyridine rings is 1. The summed E-state index contributed by atoms with van der Waals surface area (Å²) in [5.74, 6) is -2.25. The number of rotatable bonds is 3. The molecular formula is C16H13F5N2O. The third-order valence-corrected chi connectivity index (χ3v) is 3.12. The molecule has 1 N–H and O–H groups in total. The van der Waals surface area contributed by atoms with Crippen molar-refractivity contribution in [3.8, 4) is 11.3 Å². The first kappa shape index (κ1) is 17.8. The van der Waals surface area contributed by atoms with Crippen LogP contribution in [0.2, 0.25) is 0 Å². The lowest BCUT2D eigenvalue weighted by molar-refractivity contribution is -0.137. The Kier molecular flexibility index (Phi) is 5.16. The Morgan fingerprint density at radius 2 is 1.79 bits per heavy atom. The van der Waals surface area contributed by atoms with Crippen molar-refractivity contribution in [2.75, 3.05) is 5.32 Å². The van der Waals surface area contributed by atoms with Gasteiger partial charge in [0, 0.05) is 30.3 Å². The molecule has 1 aliphatic carbocycles. The maximum absolute atomic E-state index is 12.9. The molecule has 0 spiro atoms. The Hall–Kier alpha value is -2.51. The van der Waals surface area contributed by atoms with Crippen LogP contribution in [0, 0.1) is 0 Å². The third kappa shape index (κ3) is 5.00. The highest BCUT2D eigenvalue weighted by Gasteiger charge is 2.43. The summed E-state index contributed by atoms with van der Waals surface area (Å²) in [4.78, 5) is 14.3. The Labute approximate surface area is 134 Å². The molecule has 0 bridgehead atoms. The number of carbonyl (C=O) groups excluding carboxylic acids is 1. The minimum atomic E-state index is -4.48. The number of alkyl halides is 5. The topological polar surface area (TPSA) is 42.0 Å². The molecule has 128 valence electrons. The van der Waals surface area contributed by atoms with Gasteiger partial charge in [-0.3, -0.25) is 9.78 Å². The van der Waals surface area contributed by atoms with Crippen molar-refractivity contribution in [3.05, 3.63) is 48.2 Å². The molecule has 0 atom stereocenters. The fraction of sp³-hybridized carbons (Fsp3) is 0.250. The quantitative estimate of drug-likeness (QED) is 0.645. The number of halogens is 5. The number of benzene rings is 1. The Morgan fingerprint density at radius 3 is 2.25 bits per heavy atom. The summed E-state index contributed by atoms with van der Waals surface area (Å²) in [5.41, 5.74) is -0.379. The molecule has 1 amide bonds. The Balaban J connectivity index is 0.000000355. The second kappa shape index (κ2) is 6.94. The molecule has 1 fully saturated rings. The fourth-order valence-electron chi connectivity index (χ4n) is 1.78. The van der Waals surface area contributed by atoms with E-state index >= 15 is 0 Å². The molecule has 1 aromatic heterocycles. The van der Waals surface area contributed by atoms with E-state index in [2.05, 4.69) is 10.3 Å². The first-order valence-corrected chi connectivity index (χ1v) is 6.93. The normalized spacial score (nSPS) is 15.0. The molecule has 1 heterocycles.